The zero-order valence-electron chi connectivity index (χ0n) is 17.0. The van der Waals surface area contributed by atoms with Crippen molar-refractivity contribution >= 4 is 29.9 Å². The predicted octanol–water partition coefficient (Wildman–Crippen LogP) is 2.51. The molecule has 0 bridgehead atoms. The molecule has 1 aromatic rings. The van der Waals surface area contributed by atoms with E-state index in [0.29, 0.717) is 12.5 Å². The summed E-state index contributed by atoms with van der Waals surface area (Å²) in [5, 5.41) is 6.76. The average Bonchev–Trinajstić information content (AvgIpc) is 2.64. The Hall–Kier alpha value is -1.06. The van der Waals surface area contributed by atoms with Crippen LogP contribution in [0.15, 0.2) is 29.3 Å². The lowest BCUT2D eigenvalue weighted by atomic mass is 10.1. The molecule has 1 saturated heterocycles. The van der Waals surface area contributed by atoms with Crippen LogP contribution in [-0.4, -0.2) is 69.9 Å². The van der Waals surface area contributed by atoms with Gasteiger partial charge in [-0.1, -0.05) is 25.1 Å². The zero-order chi connectivity index (χ0) is 18.8. The fraction of sp³-hybridized carbons (Fsp3) is 0.650. The lowest BCUT2D eigenvalue weighted by Crippen LogP contribution is -2.45. The third-order valence-corrected chi connectivity index (χ3v) is 4.49. The summed E-state index contributed by atoms with van der Waals surface area (Å²) < 4.78 is 11.4. The van der Waals surface area contributed by atoms with Crippen molar-refractivity contribution in [3.8, 4) is 5.75 Å². The first-order valence-electron chi connectivity index (χ1n) is 9.55. The minimum atomic E-state index is 0. The van der Waals surface area contributed by atoms with Crippen LogP contribution in [-0.2, 0) is 4.74 Å². The first-order chi connectivity index (χ1) is 12.6. The molecule has 2 unspecified atom stereocenters. The van der Waals surface area contributed by atoms with Gasteiger partial charge in [0.2, 0.25) is 0 Å². The Morgan fingerprint density at radius 1 is 1.19 bits per heavy atom. The van der Waals surface area contributed by atoms with Crippen molar-refractivity contribution < 1.29 is 9.47 Å². The number of benzene rings is 1. The van der Waals surface area contributed by atoms with Gasteiger partial charge in [-0.15, -0.1) is 24.0 Å². The molecule has 0 saturated carbocycles. The summed E-state index contributed by atoms with van der Waals surface area (Å²) in [5.74, 6) is 2.30. The fourth-order valence-electron chi connectivity index (χ4n) is 2.97. The molecular weight excluding hydrogens is 455 g/mol. The number of aliphatic imine (C=N–C) groups is 1. The minimum Gasteiger partial charge on any atom is -0.489 e. The zero-order valence-corrected chi connectivity index (χ0v) is 19.4. The third kappa shape index (κ3) is 9.12. The molecule has 2 atom stereocenters. The molecule has 2 rings (SSSR count). The molecule has 6 nitrogen and oxygen atoms in total. The van der Waals surface area contributed by atoms with Crippen LogP contribution in [0.2, 0.25) is 0 Å². The van der Waals surface area contributed by atoms with Crippen molar-refractivity contribution in [2.75, 3.05) is 53.0 Å². The number of aryl methyl sites for hydroxylation is 1. The maximum absolute atomic E-state index is 6.00. The number of halogens is 1. The van der Waals surface area contributed by atoms with E-state index in [4.69, 9.17) is 9.47 Å². The standard InChI is InChI=1S/C20H34N4O2.HI/c1-16(15-24-9-11-25-12-10-24)13-22-20(21-4)23-14-18(3)26-19-8-6-5-7-17(19)2;/h5-8,16,18H,9-15H2,1-4H3,(H2,21,22,23);1H. The highest BCUT2D eigenvalue weighted by Crippen LogP contribution is 2.17. The minimum absolute atomic E-state index is 0. The van der Waals surface area contributed by atoms with E-state index in [-0.39, 0.29) is 30.1 Å². The van der Waals surface area contributed by atoms with Gasteiger partial charge in [-0.2, -0.15) is 0 Å². The van der Waals surface area contributed by atoms with Gasteiger partial charge in [-0.05, 0) is 31.4 Å². The number of hydrogen-bond donors (Lipinski definition) is 2. The van der Waals surface area contributed by atoms with E-state index < -0.39 is 0 Å². The van der Waals surface area contributed by atoms with Gasteiger partial charge in [-0.3, -0.25) is 9.89 Å². The highest BCUT2D eigenvalue weighted by atomic mass is 127. The van der Waals surface area contributed by atoms with Crippen LogP contribution in [0, 0.1) is 12.8 Å². The molecular formula is C20H35IN4O2. The number of ether oxygens (including phenoxy) is 2. The molecule has 1 heterocycles. The Labute approximate surface area is 181 Å². The molecule has 2 N–H and O–H groups in total. The van der Waals surface area contributed by atoms with Crippen LogP contribution in [0.4, 0.5) is 0 Å². The summed E-state index contributed by atoms with van der Waals surface area (Å²) >= 11 is 0. The lowest BCUT2D eigenvalue weighted by Gasteiger charge is -2.29. The van der Waals surface area contributed by atoms with Crippen molar-refractivity contribution in [3.05, 3.63) is 29.8 Å². The molecule has 27 heavy (non-hydrogen) atoms. The smallest absolute Gasteiger partial charge is 0.191 e. The number of nitrogens with one attached hydrogen (secondary N) is 2. The molecule has 1 aliphatic heterocycles. The largest absolute Gasteiger partial charge is 0.489 e. The van der Waals surface area contributed by atoms with Crippen LogP contribution in [0.5, 0.6) is 5.75 Å². The van der Waals surface area contributed by atoms with E-state index in [9.17, 15) is 0 Å². The summed E-state index contributed by atoms with van der Waals surface area (Å²) in [6.07, 6.45) is 0.0559. The fourth-order valence-corrected chi connectivity index (χ4v) is 2.97. The van der Waals surface area contributed by atoms with E-state index in [0.717, 1.165) is 56.7 Å². The monoisotopic (exact) mass is 490 g/mol. The van der Waals surface area contributed by atoms with Crippen LogP contribution in [0.3, 0.4) is 0 Å². The van der Waals surface area contributed by atoms with Gasteiger partial charge in [0, 0.05) is 33.2 Å². The van der Waals surface area contributed by atoms with Gasteiger partial charge in [-0.25, -0.2) is 0 Å². The van der Waals surface area contributed by atoms with Crippen LogP contribution in [0.25, 0.3) is 0 Å². The summed E-state index contributed by atoms with van der Waals surface area (Å²) in [6.45, 7) is 12.8. The van der Waals surface area contributed by atoms with Crippen LogP contribution < -0.4 is 15.4 Å². The number of nitrogens with zero attached hydrogens (tertiary/aromatic N) is 2. The highest BCUT2D eigenvalue weighted by Gasteiger charge is 2.14. The lowest BCUT2D eigenvalue weighted by molar-refractivity contribution is 0.0320. The van der Waals surface area contributed by atoms with E-state index in [2.05, 4.69) is 47.4 Å². The van der Waals surface area contributed by atoms with E-state index in [1.807, 2.05) is 18.2 Å². The summed E-state index contributed by atoms with van der Waals surface area (Å²) in [6, 6.07) is 8.09. The van der Waals surface area contributed by atoms with Gasteiger partial charge in [0.15, 0.2) is 5.96 Å². The summed E-state index contributed by atoms with van der Waals surface area (Å²) in [7, 11) is 1.80. The molecule has 1 fully saturated rings. The highest BCUT2D eigenvalue weighted by molar-refractivity contribution is 14.0. The second-order valence-electron chi connectivity index (χ2n) is 7.05. The second-order valence-corrected chi connectivity index (χ2v) is 7.05. The van der Waals surface area contributed by atoms with Gasteiger partial charge in [0.1, 0.15) is 11.9 Å². The molecule has 0 aromatic heterocycles. The molecule has 7 heteroatoms. The Morgan fingerprint density at radius 3 is 2.52 bits per heavy atom. The van der Waals surface area contributed by atoms with Gasteiger partial charge in [0.05, 0.1) is 19.8 Å². The van der Waals surface area contributed by atoms with Crippen molar-refractivity contribution in [2.45, 2.75) is 26.9 Å². The van der Waals surface area contributed by atoms with Gasteiger partial charge >= 0.3 is 0 Å². The second kappa shape index (κ2) is 13.2. The normalized spacial score (nSPS) is 17.6. The Morgan fingerprint density at radius 2 is 1.85 bits per heavy atom. The SMILES string of the molecule is CN=C(NCC(C)CN1CCOCC1)NCC(C)Oc1ccccc1C.I. The number of guanidine groups is 1. The van der Waals surface area contributed by atoms with Crippen LogP contribution >= 0.6 is 24.0 Å². The van der Waals surface area contributed by atoms with Crippen LogP contribution in [0.1, 0.15) is 19.4 Å². The molecule has 1 aromatic carbocycles. The number of morpholine rings is 1. The topological polar surface area (TPSA) is 58.1 Å². The maximum atomic E-state index is 6.00. The molecule has 1 aliphatic rings. The number of para-hydroxylation sites is 1. The Balaban J connectivity index is 0.00000364. The van der Waals surface area contributed by atoms with E-state index in [1.165, 1.54) is 0 Å². The number of hydrogen-bond acceptors (Lipinski definition) is 4. The first-order valence-corrected chi connectivity index (χ1v) is 9.55. The quantitative estimate of drug-likeness (QED) is 0.333. The van der Waals surface area contributed by atoms with E-state index >= 15 is 0 Å². The Kier molecular flexibility index (Phi) is 11.7. The van der Waals surface area contributed by atoms with Crippen molar-refractivity contribution in [1.82, 2.24) is 15.5 Å². The van der Waals surface area contributed by atoms with Gasteiger partial charge in [0.25, 0.3) is 0 Å². The third-order valence-electron chi connectivity index (χ3n) is 4.49. The molecule has 0 spiro atoms. The average molecular weight is 490 g/mol. The maximum Gasteiger partial charge on any atom is 0.191 e. The van der Waals surface area contributed by atoms with Crippen molar-refractivity contribution in [3.63, 3.8) is 0 Å². The Bertz CT molecular complexity index is 565. The molecule has 154 valence electrons. The van der Waals surface area contributed by atoms with E-state index in [1.54, 1.807) is 7.05 Å². The molecule has 0 amide bonds. The first kappa shape index (κ1) is 24.0. The predicted molar refractivity (Wildman–Crippen MR) is 122 cm³/mol. The summed E-state index contributed by atoms with van der Waals surface area (Å²) in [5.41, 5.74) is 1.15. The summed E-state index contributed by atoms with van der Waals surface area (Å²) in [4.78, 5) is 6.77. The molecule has 0 aliphatic carbocycles. The van der Waals surface area contributed by atoms with Crippen molar-refractivity contribution in [2.24, 2.45) is 10.9 Å². The van der Waals surface area contributed by atoms with Crippen molar-refractivity contribution in [1.29, 1.82) is 0 Å². The van der Waals surface area contributed by atoms with Gasteiger partial charge < -0.3 is 20.1 Å². The molecule has 0 radical (unpaired) electrons. The number of rotatable bonds is 8.